The van der Waals surface area contributed by atoms with Gasteiger partial charge in [0.2, 0.25) is 0 Å². The van der Waals surface area contributed by atoms with Gasteiger partial charge in [0, 0.05) is 12.7 Å². The minimum Gasteiger partial charge on any atom is -0.352 e. The molecule has 3 aromatic heterocycles. The quantitative estimate of drug-likeness (QED) is 0.791. The lowest BCUT2D eigenvalue weighted by Crippen LogP contribution is -2.23. The first kappa shape index (κ1) is 15.5. The third-order valence-electron chi connectivity index (χ3n) is 4.21. The molecule has 0 bridgehead atoms. The fraction of sp³-hybridized carbons (Fsp3) is 0.294. The van der Waals surface area contributed by atoms with Gasteiger partial charge in [-0.15, -0.1) is 5.10 Å². The number of aryl methyl sites for hydroxylation is 1. The van der Waals surface area contributed by atoms with E-state index in [1.54, 1.807) is 43.5 Å². The Hall–Kier alpha value is -3.03. The number of nitrogens with zero attached hydrogens (tertiary/aromatic N) is 5. The second-order valence-electron chi connectivity index (χ2n) is 6.01. The lowest BCUT2D eigenvalue weighted by molar-refractivity contribution is 0.101. The number of aromatic nitrogens is 4. The van der Waals surface area contributed by atoms with Gasteiger partial charge >= 0.3 is 0 Å². The van der Waals surface area contributed by atoms with Crippen LogP contribution in [0.15, 0.2) is 36.5 Å². The summed E-state index contributed by atoms with van der Waals surface area (Å²) in [5, 5.41) is 7.26. The predicted molar refractivity (Wildman–Crippen MR) is 91.6 cm³/mol. The predicted octanol–water partition coefficient (Wildman–Crippen LogP) is 2.23. The van der Waals surface area contributed by atoms with E-state index in [0.717, 1.165) is 0 Å². The number of rotatable bonds is 3. The number of amides is 1. The zero-order chi connectivity index (χ0) is 17.4. The molecule has 25 heavy (non-hydrogen) atoms. The van der Waals surface area contributed by atoms with Crippen LogP contribution in [-0.4, -0.2) is 44.8 Å². The summed E-state index contributed by atoms with van der Waals surface area (Å²) in [4.78, 5) is 23.0. The molecule has 4 rings (SSSR count). The van der Waals surface area contributed by atoms with Crippen LogP contribution >= 0.6 is 0 Å². The molecule has 0 aliphatic carbocycles. The van der Waals surface area contributed by atoms with Crippen molar-refractivity contribution in [2.75, 3.05) is 23.3 Å². The molecule has 1 aliphatic rings. The van der Waals surface area contributed by atoms with Crippen LogP contribution in [0, 0.1) is 6.92 Å². The van der Waals surface area contributed by atoms with Crippen molar-refractivity contribution in [1.29, 1.82) is 0 Å². The Labute approximate surface area is 143 Å². The first-order valence-corrected chi connectivity index (χ1v) is 8.09. The number of carbonyl (C=O) groups is 1. The summed E-state index contributed by atoms with van der Waals surface area (Å²) in [6.45, 7) is 2.69. The summed E-state index contributed by atoms with van der Waals surface area (Å²) in [6.07, 6.45) is 1.26. The summed E-state index contributed by atoms with van der Waals surface area (Å²) in [5.41, 5.74) is 1.49. The largest absolute Gasteiger partial charge is 0.352 e. The number of imidazole rings is 1. The van der Waals surface area contributed by atoms with E-state index >= 15 is 0 Å². The van der Waals surface area contributed by atoms with Crippen LogP contribution in [0.2, 0.25) is 0 Å². The first-order chi connectivity index (χ1) is 12.1. The third-order valence-corrected chi connectivity index (χ3v) is 4.21. The average molecular weight is 340 g/mol. The molecule has 7 nitrogen and oxygen atoms in total. The molecule has 0 spiro atoms. The van der Waals surface area contributed by atoms with Crippen molar-refractivity contribution in [2.45, 2.75) is 19.5 Å². The zero-order valence-corrected chi connectivity index (χ0v) is 13.7. The van der Waals surface area contributed by atoms with Crippen LogP contribution in [0.3, 0.4) is 0 Å². The van der Waals surface area contributed by atoms with E-state index in [1.807, 2.05) is 4.90 Å². The van der Waals surface area contributed by atoms with E-state index < -0.39 is 6.17 Å². The molecule has 128 valence electrons. The van der Waals surface area contributed by atoms with Crippen LogP contribution in [0.5, 0.6) is 0 Å². The third kappa shape index (κ3) is 2.90. The highest BCUT2D eigenvalue weighted by molar-refractivity contribution is 6.03. The number of halogens is 1. The molecule has 1 fully saturated rings. The minimum atomic E-state index is -0.839. The van der Waals surface area contributed by atoms with Crippen molar-refractivity contribution in [1.82, 2.24) is 19.6 Å². The first-order valence-electron chi connectivity index (χ1n) is 8.09. The lowest BCUT2D eigenvalue weighted by atomic mass is 10.3. The van der Waals surface area contributed by atoms with Crippen LogP contribution in [0.25, 0.3) is 5.65 Å². The van der Waals surface area contributed by atoms with Gasteiger partial charge in [-0.2, -0.15) is 0 Å². The molecule has 0 unspecified atom stereocenters. The number of hydrogen-bond acceptors (Lipinski definition) is 5. The molecule has 4 heterocycles. The molecule has 3 aromatic rings. The van der Waals surface area contributed by atoms with E-state index in [-0.39, 0.29) is 5.91 Å². The van der Waals surface area contributed by atoms with Gasteiger partial charge in [0.05, 0.1) is 12.2 Å². The molecule has 0 radical (unpaired) electrons. The number of hydrogen-bond donors (Lipinski definition) is 1. The smallest absolute Gasteiger partial charge is 0.277 e. The Morgan fingerprint density at radius 2 is 2.20 bits per heavy atom. The highest BCUT2D eigenvalue weighted by Crippen LogP contribution is 2.21. The summed E-state index contributed by atoms with van der Waals surface area (Å²) >= 11 is 0. The number of pyridine rings is 1. The number of fused-ring (bicyclic) bond motifs is 1. The summed E-state index contributed by atoms with van der Waals surface area (Å²) in [6, 6.07) is 8.87. The maximum absolute atomic E-state index is 13.5. The Balaban J connectivity index is 1.70. The molecule has 8 heteroatoms. The molecule has 0 saturated carbocycles. The van der Waals surface area contributed by atoms with Crippen molar-refractivity contribution >= 4 is 23.2 Å². The Bertz CT molecular complexity index is 926. The molecule has 1 saturated heterocycles. The molecule has 1 aliphatic heterocycles. The van der Waals surface area contributed by atoms with E-state index in [0.29, 0.717) is 48.2 Å². The van der Waals surface area contributed by atoms with Crippen LogP contribution < -0.4 is 10.2 Å². The number of alkyl halides is 1. The highest BCUT2D eigenvalue weighted by Gasteiger charge is 2.24. The topological polar surface area (TPSA) is 75.4 Å². The van der Waals surface area contributed by atoms with Crippen molar-refractivity contribution in [3.05, 3.63) is 47.9 Å². The van der Waals surface area contributed by atoms with E-state index in [2.05, 4.69) is 20.4 Å². The highest BCUT2D eigenvalue weighted by atomic mass is 19.1. The Morgan fingerprint density at radius 1 is 1.32 bits per heavy atom. The normalized spacial score (nSPS) is 17.2. The number of anilines is 2. The molecular formula is C17H17FN6O. The Morgan fingerprint density at radius 3 is 2.92 bits per heavy atom. The molecule has 1 amide bonds. The van der Waals surface area contributed by atoms with Crippen molar-refractivity contribution in [3.63, 3.8) is 0 Å². The van der Waals surface area contributed by atoms with E-state index in [4.69, 9.17) is 0 Å². The van der Waals surface area contributed by atoms with Crippen LogP contribution in [-0.2, 0) is 0 Å². The lowest BCUT2D eigenvalue weighted by Gasteiger charge is -2.16. The van der Waals surface area contributed by atoms with Crippen molar-refractivity contribution < 1.29 is 9.18 Å². The van der Waals surface area contributed by atoms with Gasteiger partial charge in [-0.1, -0.05) is 6.07 Å². The second kappa shape index (κ2) is 6.12. The van der Waals surface area contributed by atoms with E-state index in [9.17, 15) is 9.18 Å². The monoisotopic (exact) mass is 340 g/mol. The van der Waals surface area contributed by atoms with Gasteiger partial charge in [-0.3, -0.25) is 4.79 Å². The summed E-state index contributed by atoms with van der Waals surface area (Å²) in [7, 11) is 0. The standard InChI is InChI=1S/C17H17FN6O/c1-11-16(17(25)21-13-4-2-3-8-19-13)24-14(20-11)5-6-15(22-24)23-9-7-12(18)10-23/h2-6,8,12H,7,9-10H2,1H3,(H,19,21,25)/t12-/m0/s1. The SMILES string of the molecule is Cc1nc2ccc(N3CC[C@H](F)C3)nn2c1C(=O)Nc1ccccn1. The fourth-order valence-corrected chi connectivity index (χ4v) is 3.00. The maximum Gasteiger partial charge on any atom is 0.277 e. The van der Waals surface area contributed by atoms with Gasteiger partial charge in [0.25, 0.3) is 5.91 Å². The zero-order valence-electron chi connectivity index (χ0n) is 13.7. The van der Waals surface area contributed by atoms with Crippen LogP contribution in [0.4, 0.5) is 16.0 Å². The fourth-order valence-electron chi connectivity index (χ4n) is 3.00. The Kier molecular flexibility index (Phi) is 3.79. The summed E-state index contributed by atoms with van der Waals surface area (Å²) in [5.74, 6) is 0.757. The van der Waals surface area contributed by atoms with Gasteiger partial charge in [-0.25, -0.2) is 18.9 Å². The second-order valence-corrected chi connectivity index (χ2v) is 6.01. The number of nitrogens with one attached hydrogen (secondary N) is 1. The van der Waals surface area contributed by atoms with Crippen LogP contribution in [0.1, 0.15) is 22.6 Å². The maximum atomic E-state index is 13.5. The molecular weight excluding hydrogens is 323 g/mol. The molecule has 0 aromatic carbocycles. The number of carbonyl (C=O) groups excluding carboxylic acids is 1. The van der Waals surface area contributed by atoms with Gasteiger partial charge in [0.15, 0.2) is 11.3 Å². The molecule has 1 atom stereocenters. The minimum absolute atomic E-state index is 0.321. The summed E-state index contributed by atoms with van der Waals surface area (Å²) < 4.78 is 15.0. The van der Waals surface area contributed by atoms with Gasteiger partial charge < -0.3 is 10.2 Å². The van der Waals surface area contributed by atoms with E-state index in [1.165, 1.54) is 4.52 Å². The van der Waals surface area contributed by atoms with Crippen molar-refractivity contribution in [3.8, 4) is 0 Å². The van der Waals surface area contributed by atoms with Gasteiger partial charge in [0.1, 0.15) is 17.8 Å². The van der Waals surface area contributed by atoms with Crippen molar-refractivity contribution in [2.24, 2.45) is 0 Å². The van der Waals surface area contributed by atoms with Gasteiger partial charge in [-0.05, 0) is 37.6 Å². The average Bonchev–Trinajstić information content (AvgIpc) is 3.17. The molecule has 1 N–H and O–H groups in total.